The molecule has 3 rings (SSSR count). The Morgan fingerprint density at radius 2 is 2.10 bits per heavy atom. The number of benzene rings is 1. The molecule has 20 heavy (non-hydrogen) atoms. The lowest BCUT2D eigenvalue weighted by Crippen LogP contribution is -2.28. The number of hydrogen-bond acceptors (Lipinski definition) is 2. The molecule has 2 aromatic rings. The van der Waals surface area contributed by atoms with E-state index in [1.165, 1.54) is 0 Å². The van der Waals surface area contributed by atoms with Gasteiger partial charge >= 0.3 is 6.18 Å². The molecule has 3 nitrogen and oxygen atoms in total. The van der Waals surface area contributed by atoms with Gasteiger partial charge in [0, 0.05) is 12.5 Å². The minimum absolute atomic E-state index is 0.255. The van der Waals surface area contributed by atoms with Crippen molar-refractivity contribution < 1.29 is 13.2 Å². The number of nitrogens with zero attached hydrogens (tertiary/aromatic N) is 1. The molecule has 1 unspecified atom stereocenters. The Morgan fingerprint density at radius 3 is 2.75 bits per heavy atom. The van der Waals surface area contributed by atoms with E-state index in [0.717, 1.165) is 43.9 Å². The van der Waals surface area contributed by atoms with Crippen LogP contribution in [0.3, 0.4) is 0 Å². The van der Waals surface area contributed by atoms with Crippen LogP contribution in [-0.2, 0) is 6.18 Å². The summed E-state index contributed by atoms with van der Waals surface area (Å²) in [6.07, 6.45) is -2.25. The van der Waals surface area contributed by atoms with E-state index in [1.807, 2.05) is 0 Å². The fourth-order valence-corrected chi connectivity index (χ4v) is 2.75. The van der Waals surface area contributed by atoms with Crippen molar-refractivity contribution >= 4 is 11.0 Å². The van der Waals surface area contributed by atoms with Crippen LogP contribution in [0.15, 0.2) is 12.1 Å². The highest BCUT2D eigenvalue weighted by Gasteiger charge is 2.31. The Hall–Kier alpha value is -1.56. The Labute approximate surface area is 114 Å². The zero-order valence-electron chi connectivity index (χ0n) is 11.1. The van der Waals surface area contributed by atoms with Crippen molar-refractivity contribution in [1.82, 2.24) is 15.3 Å². The lowest BCUT2D eigenvalue weighted by Gasteiger charge is -2.20. The number of piperidine rings is 1. The van der Waals surface area contributed by atoms with Crippen LogP contribution in [0, 0.1) is 6.92 Å². The molecule has 2 N–H and O–H groups in total. The van der Waals surface area contributed by atoms with E-state index in [2.05, 4.69) is 15.3 Å². The summed E-state index contributed by atoms with van der Waals surface area (Å²) in [5.41, 5.74) is 1.04. The summed E-state index contributed by atoms with van der Waals surface area (Å²) >= 11 is 0. The third-order valence-corrected chi connectivity index (χ3v) is 3.81. The molecule has 1 aliphatic heterocycles. The highest BCUT2D eigenvalue weighted by Crippen LogP contribution is 2.33. The Morgan fingerprint density at radius 1 is 1.30 bits per heavy atom. The minimum Gasteiger partial charge on any atom is -0.342 e. The molecule has 0 aliphatic carbocycles. The Kier molecular flexibility index (Phi) is 3.20. The van der Waals surface area contributed by atoms with Gasteiger partial charge in [0.15, 0.2) is 0 Å². The fourth-order valence-electron chi connectivity index (χ4n) is 2.75. The maximum Gasteiger partial charge on any atom is 0.416 e. The van der Waals surface area contributed by atoms with Gasteiger partial charge in [-0.1, -0.05) is 0 Å². The molecule has 1 fully saturated rings. The highest BCUT2D eigenvalue weighted by molar-refractivity contribution is 5.79. The number of imidazole rings is 1. The van der Waals surface area contributed by atoms with Crippen LogP contribution in [0.4, 0.5) is 13.2 Å². The van der Waals surface area contributed by atoms with Gasteiger partial charge in [-0.25, -0.2) is 4.98 Å². The molecule has 1 saturated heterocycles. The summed E-state index contributed by atoms with van der Waals surface area (Å²) in [4.78, 5) is 7.56. The lowest BCUT2D eigenvalue weighted by molar-refractivity contribution is -0.137. The van der Waals surface area contributed by atoms with Gasteiger partial charge in [0.1, 0.15) is 5.82 Å². The fraction of sp³-hybridized carbons (Fsp3) is 0.500. The number of aromatic nitrogens is 2. The van der Waals surface area contributed by atoms with Gasteiger partial charge in [0.25, 0.3) is 0 Å². The van der Waals surface area contributed by atoms with Gasteiger partial charge in [-0.2, -0.15) is 13.2 Å². The molecule has 0 spiro atoms. The van der Waals surface area contributed by atoms with E-state index in [0.29, 0.717) is 16.6 Å². The summed E-state index contributed by atoms with van der Waals surface area (Å²) < 4.78 is 38.4. The van der Waals surface area contributed by atoms with E-state index in [4.69, 9.17) is 0 Å². The van der Waals surface area contributed by atoms with Crippen molar-refractivity contribution in [2.45, 2.75) is 31.9 Å². The highest BCUT2D eigenvalue weighted by atomic mass is 19.4. The SMILES string of the molecule is Cc1cc(C(F)(F)F)cc2[nH]c(C3CCCNC3)nc12. The molecular formula is C14H16F3N3. The maximum atomic E-state index is 12.8. The number of halogens is 3. The summed E-state index contributed by atoms with van der Waals surface area (Å²) in [6.45, 7) is 3.49. The van der Waals surface area contributed by atoms with Crippen LogP contribution in [0.25, 0.3) is 11.0 Å². The predicted octanol–water partition coefficient (Wildman–Crippen LogP) is 3.36. The van der Waals surface area contributed by atoms with Crippen LogP contribution in [-0.4, -0.2) is 23.1 Å². The maximum absolute atomic E-state index is 12.8. The number of nitrogens with one attached hydrogen (secondary N) is 2. The third kappa shape index (κ3) is 2.40. The van der Waals surface area contributed by atoms with E-state index in [-0.39, 0.29) is 5.92 Å². The van der Waals surface area contributed by atoms with Gasteiger partial charge < -0.3 is 10.3 Å². The lowest BCUT2D eigenvalue weighted by atomic mass is 9.99. The molecule has 6 heteroatoms. The second kappa shape index (κ2) is 4.77. The molecule has 1 aromatic heterocycles. The number of H-pyrrole nitrogens is 1. The van der Waals surface area contributed by atoms with Crippen molar-refractivity contribution in [1.29, 1.82) is 0 Å². The largest absolute Gasteiger partial charge is 0.416 e. The van der Waals surface area contributed by atoms with Crippen LogP contribution >= 0.6 is 0 Å². The molecule has 2 heterocycles. The van der Waals surface area contributed by atoms with Crippen LogP contribution < -0.4 is 5.32 Å². The van der Waals surface area contributed by atoms with Gasteiger partial charge in [-0.3, -0.25) is 0 Å². The summed E-state index contributed by atoms with van der Waals surface area (Å²) in [7, 11) is 0. The topological polar surface area (TPSA) is 40.7 Å². The molecular weight excluding hydrogens is 267 g/mol. The molecule has 1 aliphatic rings. The minimum atomic E-state index is -4.32. The second-order valence-electron chi connectivity index (χ2n) is 5.35. The van der Waals surface area contributed by atoms with Crippen molar-refractivity contribution in [3.05, 3.63) is 29.1 Å². The average molecular weight is 283 g/mol. The molecule has 0 bridgehead atoms. The number of rotatable bonds is 1. The molecule has 1 aromatic carbocycles. The van der Waals surface area contributed by atoms with Gasteiger partial charge in [0.05, 0.1) is 16.6 Å². The zero-order valence-corrected chi connectivity index (χ0v) is 11.1. The normalized spacial score (nSPS) is 20.5. The van der Waals surface area contributed by atoms with E-state index in [1.54, 1.807) is 6.92 Å². The molecule has 0 radical (unpaired) electrons. The van der Waals surface area contributed by atoms with Crippen LogP contribution in [0.2, 0.25) is 0 Å². The predicted molar refractivity (Wildman–Crippen MR) is 70.7 cm³/mol. The van der Waals surface area contributed by atoms with E-state index >= 15 is 0 Å². The van der Waals surface area contributed by atoms with Gasteiger partial charge in [-0.05, 0) is 44.0 Å². The number of aromatic amines is 1. The first kappa shape index (κ1) is 13.4. The van der Waals surface area contributed by atoms with Crippen molar-refractivity contribution in [3.63, 3.8) is 0 Å². The second-order valence-corrected chi connectivity index (χ2v) is 5.35. The molecule has 0 amide bonds. The molecule has 0 saturated carbocycles. The number of aryl methyl sites for hydroxylation is 1. The standard InChI is InChI=1S/C14H16F3N3/c1-8-5-10(14(15,16)17)6-11-12(8)20-13(19-11)9-3-2-4-18-7-9/h5-6,9,18H,2-4,7H2,1H3,(H,19,20). The first-order valence-corrected chi connectivity index (χ1v) is 6.73. The number of alkyl halides is 3. The average Bonchev–Trinajstić information content (AvgIpc) is 2.83. The van der Waals surface area contributed by atoms with E-state index < -0.39 is 11.7 Å². The Bertz CT molecular complexity index is 624. The monoisotopic (exact) mass is 283 g/mol. The third-order valence-electron chi connectivity index (χ3n) is 3.81. The summed E-state index contributed by atoms with van der Waals surface area (Å²) in [6, 6.07) is 2.31. The van der Waals surface area contributed by atoms with Crippen LogP contribution in [0.5, 0.6) is 0 Å². The summed E-state index contributed by atoms with van der Waals surface area (Å²) in [5, 5.41) is 3.29. The number of hydrogen-bond donors (Lipinski definition) is 2. The molecule has 108 valence electrons. The van der Waals surface area contributed by atoms with Gasteiger partial charge in [-0.15, -0.1) is 0 Å². The van der Waals surface area contributed by atoms with Crippen molar-refractivity contribution in [2.75, 3.05) is 13.1 Å². The van der Waals surface area contributed by atoms with E-state index in [9.17, 15) is 13.2 Å². The Balaban J connectivity index is 2.04. The first-order valence-electron chi connectivity index (χ1n) is 6.73. The number of fused-ring (bicyclic) bond motifs is 1. The molecule has 1 atom stereocenters. The van der Waals surface area contributed by atoms with Crippen LogP contribution in [0.1, 0.15) is 35.7 Å². The zero-order chi connectivity index (χ0) is 14.3. The van der Waals surface area contributed by atoms with Gasteiger partial charge in [0.2, 0.25) is 0 Å². The van der Waals surface area contributed by atoms with Crippen molar-refractivity contribution in [3.8, 4) is 0 Å². The quantitative estimate of drug-likeness (QED) is 0.842. The first-order chi connectivity index (χ1) is 9.45. The summed E-state index contributed by atoms with van der Waals surface area (Å²) in [5.74, 6) is 1.04. The smallest absolute Gasteiger partial charge is 0.342 e. The van der Waals surface area contributed by atoms with Crippen molar-refractivity contribution in [2.24, 2.45) is 0 Å².